The zero-order valence-electron chi connectivity index (χ0n) is 17.7. The average Bonchev–Trinajstić information content (AvgIpc) is 2.69. The standard InChI is InChI=1S/C25H27FN2O/c1-6-11-28-23-14-24(29-5)19(13-22(23)17(2)15-25(28,3)4)12-20(16-27)18-7-9-21(26)10-8-18/h7-10,12-15H,6,11H2,1-5H3/b20-12+. The molecule has 0 saturated heterocycles. The van der Waals surface area contributed by atoms with Crippen LogP contribution >= 0.6 is 0 Å². The highest BCUT2D eigenvalue weighted by Crippen LogP contribution is 2.43. The maximum Gasteiger partial charge on any atom is 0.128 e. The van der Waals surface area contributed by atoms with Gasteiger partial charge in [-0.15, -0.1) is 0 Å². The highest BCUT2D eigenvalue weighted by Gasteiger charge is 2.31. The fraction of sp³-hybridized carbons (Fsp3) is 0.320. The first-order valence-corrected chi connectivity index (χ1v) is 9.88. The van der Waals surface area contributed by atoms with Gasteiger partial charge < -0.3 is 9.64 Å². The van der Waals surface area contributed by atoms with Gasteiger partial charge in [0.15, 0.2) is 0 Å². The SMILES string of the molecule is CCCN1c2cc(OC)c(/C=C(\C#N)c3ccc(F)cc3)cc2C(C)=CC1(C)C. The smallest absolute Gasteiger partial charge is 0.128 e. The lowest BCUT2D eigenvalue weighted by Gasteiger charge is -2.43. The number of ether oxygens (including phenoxy) is 1. The molecule has 3 rings (SSSR count). The number of halogens is 1. The second-order valence-electron chi connectivity index (χ2n) is 7.92. The van der Waals surface area contributed by atoms with Crippen LogP contribution in [0.1, 0.15) is 50.8 Å². The van der Waals surface area contributed by atoms with E-state index in [0.29, 0.717) is 16.9 Å². The lowest BCUT2D eigenvalue weighted by Crippen LogP contribution is -2.45. The summed E-state index contributed by atoms with van der Waals surface area (Å²) in [6.07, 6.45) is 5.14. The molecule has 0 fully saturated rings. The molecule has 0 aromatic heterocycles. The van der Waals surface area contributed by atoms with Crippen molar-refractivity contribution in [3.63, 3.8) is 0 Å². The van der Waals surface area contributed by atoms with Gasteiger partial charge in [0.25, 0.3) is 0 Å². The van der Waals surface area contributed by atoms with Crippen LogP contribution in [0, 0.1) is 17.1 Å². The van der Waals surface area contributed by atoms with Gasteiger partial charge in [-0.1, -0.05) is 25.1 Å². The molecule has 1 aliphatic rings. The van der Waals surface area contributed by atoms with E-state index in [-0.39, 0.29) is 11.4 Å². The van der Waals surface area contributed by atoms with Gasteiger partial charge in [-0.3, -0.25) is 0 Å². The van der Waals surface area contributed by atoms with Crippen molar-refractivity contribution in [2.45, 2.75) is 39.7 Å². The van der Waals surface area contributed by atoms with Crippen molar-refractivity contribution in [2.75, 3.05) is 18.6 Å². The number of hydrogen-bond donors (Lipinski definition) is 0. The third-order valence-corrected chi connectivity index (χ3v) is 5.35. The fourth-order valence-corrected chi connectivity index (χ4v) is 4.01. The zero-order chi connectivity index (χ0) is 21.2. The first-order valence-electron chi connectivity index (χ1n) is 9.88. The van der Waals surface area contributed by atoms with Gasteiger partial charge in [-0.25, -0.2) is 4.39 Å². The first kappa shape index (κ1) is 20.7. The highest BCUT2D eigenvalue weighted by molar-refractivity contribution is 5.93. The Kier molecular flexibility index (Phi) is 5.79. The molecule has 4 heteroatoms. The van der Waals surface area contributed by atoms with Crippen molar-refractivity contribution in [2.24, 2.45) is 0 Å². The molecule has 0 bridgehead atoms. The van der Waals surface area contributed by atoms with E-state index in [1.165, 1.54) is 17.7 Å². The van der Waals surface area contributed by atoms with Crippen molar-refractivity contribution in [1.29, 1.82) is 5.26 Å². The van der Waals surface area contributed by atoms with Crippen LogP contribution in [0.5, 0.6) is 5.75 Å². The van der Waals surface area contributed by atoms with Crippen LogP contribution in [0.3, 0.4) is 0 Å². The maximum atomic E-state index is 13.3. The molecule has 2 aromatic rings. The van der Waals surface area contributed by atoms with E-state index in [0.717, 1.165) is 29.8 Å². The molecule has 2 aromatic carbocycles. The summed E-state index contributed by atoms with van der Waals surface area (Å²) in [6.45, 7) is 9.68. The molecule has 0 spiro atoms. The molecule has 1 aliphatic heterocycles. The summed E-state index contributed by atoms with van der Waals surface area (Å²) >= 11 is 0. The zero-order valence-corrected chi connectivity index (χ0v) is 17.7. The van der Waals surface area contributed by atoms with Crippen LogP contribution in [-0.2, 0) is 0 Å². The summed E-state index contributed by atoms with van der Waals surface area (Å²) in [5, 5.41) is 9.67. The summed E-state index contributed by atoms with van der Waals surface area (Å²) in [6, 6.07) is 12.3. The lowest BCUT2D eigenvalue weighted by atomic mass is 9.87. The first-order chi connectivity index (χ1) is 13.8. The van der Waals surface area contributed by atoms with Gasteiger partial charge >= 0.3 is 0 Å². The molecule has 3 nitrogen and oxygen atoms in total. The van der Waals surface area contributed by atoms with Gasteiger partial charge in [-0.2, -0.15) is 5.26 Å². The molecular weight excluding hydrogens is 363 g/mol. The number of methoxy groups -OCH3 is 1. The van der Waals surface area contributed by atoms with E-state index in [9.17, 15) is 9.65 Å². The van der Waals surface area contributed by atoms with Crippen molar-refractivity contribution < 1.29 is 9.13 Å². The minimum Gasteiger partial charge on any atom is -0.496 e. The summed E-state index contributed by atoms with van der Waals surface area (Å²) in [4.78, 5) is 2.40. The monoisotopic (exact) mass is 390 g/mol. The second kappa shape index (κ2) is 8.13. The van der Waals surface area contributed by atoms with Gasteiger partial charge in [0, 0.05) is 29.4 Å². The molecule has 29 heavy (non-hydrogen) atoms. The largest absolute Gasteiger partial charge is 0.496 e. The molecule has 0 atom stereocenters. The molecule has 0 unspecified atom stereocenters. The Morgan fingerprint density at radius 1 is 1.24 bits per heavy atom. The number of anilines is 1. The Bertz CT molecular complexity index is 1010. The summed E-state index contributed by atoms with van der Waals surface area (Å²) in [7, 11) is 1.64. The lowest BCUT2D eigenvalue weighted by molar-refractivity contribution is 0.413. The molecule has 0 aliphatic carbocycles. The molecule has 0 N–H and O–H groups in total. The Balaban J connectivity index is 2.16. The predicted molar refractivity (Wildman–Crippen MR) is 118 cm³/mol. The van der Waals surface area contributed by atoms with Gasteiger partial charge in [0.1, 0.15) is 11.6 Å². The van der Waals surface area contributed by atoms with Gasteiger partial charge in [0.05, 0.1) is 24.3 Å². The Morgan fingerprint density at radius 3 is 2.52 bits per heavy atom. The topological polar surface area (TPSA) is 36.3 Å². The second-order valence-corrected chi connectivity index (χ2v) is 7.92. The van der Waals surface area contributed by atoms with Crippen LogP contribution in [0.2, 0.25) is 0 Å². The number of allylic oxidation sites excluding steroid dienone is 2. The molecule has 0 saturated carbocycles. The van der Waals surface area contributed by atoms with Crippen LogP contribution in [0.15, 0.2) is 42.5 Å². The third kappa shape index (κ3) is 4.05. The van der Waals surface area contributed by atoms with Gasteiger partial charge in [-0.05, 0) is 62.6 Å². The summed E-state index contributed by atoms with van der Waals surface area (Å²) in [5.41, 5.74) is 5.38. The van der Waals surface area contributed by atoms with E-state index in [1.807, 2.05) is 6.08 Å². The Labute approximate surface area is 172 Å². The molecule has 1 heterocycles. The maximum absolute atomic E-state index is 13.3. The number of fused-ring (bicyclic) bond motifs is 1. The number of nitriles is 1. The summed E-state index contributed by atoms with van der Waals surface area (Å²) in [5.74, 6) is 0.391. The molecule has 0 amide bonds. The third-order valence-electron chi connectivity index (χ3n) is 5.35. The molecule has 0 radical (unpaired) electrons. The van der Waals surface area contributed by atoms with Crippen LogP contribution in [-0.4, -0.2) is 19.2 Å². The van der Waals surface area contributed by atoms with E-state index >= 15 is 0 Å². The Hall–Kier alpha value is -3.06. The van der Waals surface area contributed by atoms with Gasteiger partial charge in [0.2, 0.25) is 0 Å². The van der Waals surface area contributed by atoms with Crippen LogP contribution in [0.4, 0.5) is 10.1 Å². The number of hydrogen-bond acceptors (Lipinski definition) is 3. The number of benzene rings is 2. The van der Waals surface area contributed by atoms with Crippen molar-refractivity contribution in [1.82, 2.24) is 0 Å². The number of rotatable bonds is 5. The number of nitrogens with zero attached hydrogens (tertiary/aromatic N) is 2. The molecular formula is C25H27FN2O. The average molecular weight is 391 g/mol. The van der Waals surface area contributed by atoms with E-state index < -0.39 is 0 Å². The van der Waals surface area contributed by atoms with Crippen LogP contribution in [0.25, 0.3) is 17.2 Å². The van der Waals surface area contributed by atoms with E-state index in [4.69, 9.17) is 4.74 Å². The van der Waals surface area contributed by atoms with Crippen molar-refractivity contribution in [3.8, 4) is 11.8 Å². The molecule has 150 valence electrons. The minimum absolute atomic E-state index is 0.0820. The van der Waals surface area contributed by atoms with Crippen molar-refractivity contribution >= 4 is 22.9 Å². The van der Waals surface area contributed by atoms with E-state index in [1.54, 1.807) is 19.2 Å². The van der Waals surface area contributed by atoms with Crippen LogP contribution < -0.4 is 9.64 Å². The van der Waals surface area contributed by atoms with E-state index in [2.05, 4.69) is 56.9 Å². The summed E-state index contributed by atoms with van der Waals surface area (Å²) < 4.78 is 18.9. The Morgan fingerprint density at radius 2 is 1.93 bits per heavy atom. The normalized spacial score (nSPS) is 15.4. The highest BCUT2D eigenvalue weighted by atomic mass is 19.1. The minimum atomic E-state index is -0.322. The van der Waals surface area contributed by atoms with Crippen molar-refractivity contribution in [3.05, 3.63) is 65.0 Å². The quantitative estimate of drug-likeness (QED) is 0.443. The predicted octanol–water partition coefficient (Wildman–Crippen LogP) is 6.31. The fourth-order valence-electron chi connectivity index (χ4n) is 4.01.